The van der Waals surface area contributed by atoms with Crippen LogP contribution in [0.3, 0.4) is 0 Å². The molecule has 0 saturated carbocycles. The first-order chi connectivity index (χ1) is 7.63. The standard InChI is InChI=1S/C12H12Br2N2/c1-8-5-11(14)3-4-12(8)16-9(2)10(6-13)7-15-16/h3-5,7H,6H2,1-2H3. The van der Waals surface area contributed by atoms with Crippen LogP contribution in [0, 0.1) is 13.8 Å². The molecule has 0 N–H and O–H groups in total. The number of benzene rings is 1. The minimum Gasteiger partial charge on any atom is -0.238 e. The van der Waals surface area contributed by atoms with E-state index < -0.39 is 0 Å². The van der Waals surface area contributed by atoms with E-state index in [0.717, 1.165) is 15.5 Å². The van der Waals surface area contributed by atoms with Gasteiger partial charge >= 0.3 is 0 Å². The zero-order valence-corrected chi connectivity index (χ0v) is 12.3. The summed E-state index contributed by atoms with van der Waals surface area (Å²) >= 11 is 6.93. The van der Waals surface area contributed by atoms with Gasteiger partial charge in [-0.3, -0.25) is 0 Å². The molecule has 2 rings (SSSR count). The Balaban J connectivity index is 2.54. The van der Waals surface area contributed by atoms with Crippen LogP contribution >= 0.6 is 31.9 Å². The van der Waals surface area contributed by atoms with Crippen molar-refractivity contribution in [2.75, 3.05) is 0 Å². The fourth-order valence-corrected chi connectivity index (χ4v) is 2.70. The van der Waals surface area contributed by atoms with E-state index in [9.17, 15) is 0 Å². The molecule has 2 aromatic rings. The summed E-state index contributed by atoms with van der Waals surface area (Å²) in [5.41, 5.74) is 4.75. The summed E-state index contributed by atoms with van der Waals surface area (Å²) in [6.45, 7) is 4.18. The maximum atomic E-state index is 4.42. The molecule has 1 heterocycles. The number of rotatable bonds is 2. The highest BCUT2D eigenvalue weighted by Crippen LogP contribution is 2.22. The van der Waals surface area contributed by atoms with E-state index in [-0.39, 0.29) is 0 Å². The van der Waals surface area contributed by atoms with E-state index in [1.165, 1.54) is 16.8 Å². The van der Waals surface area contributed by atoms with Crippen molar-refractivity contribution in [2.45, 2.75) is 19.2 Å². The fraction of sp³-hybridized carbons (Fsp3) is 0.250. The lowest BCUT2D eigenvalue weighted by Gasteiger charge is -2.08. The maximum Gasteiger partial charge on any atom is 0.0678 e. The largest absolute Gasteiger partial charge is 0.238 e. The van der Waals surface area contributed by atoms with Gasteiger partial charge in [0.2, 0.25) is 0 Å². The van der Waals surface area contributed by atoms with Gasteiger partial charge in [0.25, 0.3) is 0 Å². The van der Waals surface area contributed by atoms with Crippen LogP contribution in [0.25, 0.3) is 5.69 Å². The minimum atomic E-state index is 0.842. The first-order valence-corrected chi connectivity index (χ1v) is 6.91. The lowest BCUT2D eigenvalue weighted by molar-refractivity contribution is 0.838. The van der Waals surface area contributed by atoms with Gasteiger partial charge in [-0.25, -0.2) is 4.68 Å². The summed E-state index contributed by atoms with van der Waals surface area (Å²) in [6, 6.07) is 6.22. The number of hydrogen-bond acceptors (Lipinski definition) is 1. The third-order valence-corrected chi connectivity index (χ3v) is 3.74. The molecule has 0 radical (unpaired) electrons. The highest BCUT2D eigenvalue weighted by atomic mass is 79.9. The Kier molecular flexibility index (Phi) is 3.50. The molecule has 0 saturated heterocycles. The SMILES string of the molecule is Cc1cc(Br)ccc1-n1ncc(CBr)c1C. The second-order valence-corrected chi connectivity index (χ2v) is 5.21. The predicted molar refractivity (Wildman–Crippen MR) is 73.4 cm³/mol. The van der Waals surface area contributed by atoms with Crippen LogP contribution < -0.4 is 0 Å². The molecule has 4 heteroatoms. The van der Waals surface area contributed by atoms with Gasteiger partial charge in [0.15, 0.2) is 0 Å². The summed E-state index contributed by atoms with van der Waals surface area (Å²) in [6.07, 6.45) is 1.91. The Hall–Kier alpha value is -0.610. The van der Waals surface area contributed by atoms with Crippen molar-refractivity contribution in [3.05, 3.63) is 45.7 Å². The molecule has 0 amide bonds. The Morgan fingerprint density at radius 2 is 2.06 bits per heavy atom. The number of nitrogens with zero attached hydrogens (tertiary/aromatic N) is 2. The van der Waals surface area contributed by atoms with Crippen molar-refractivity contribution in [3.8, 4) is 5.69 Å². The van der Waals surface area contributed by atoms with Crippen LogP contribution in [-0.4, -0.2) is 9.78 Å². The average Bonchev–Trinajstić information content (AvgIpc) is 2.60. The summed E-state index contributed by atoms with van der Waals surface area (Å²) < 4.78 is 3.08. The summed E-state index contributed by atoms with van der Waals surface area (Å²) in [4.78, 5) is 0. The summed E-state index contributed by atoms with van der Waals surface area (Å²) in [7, 11) is 0. The number of aromatic nitrogens is 2. The normalized spacial score (nSPS) is 10.8. The third kappa shape index (κ3) is 2.09. The molecule has 16 heavy (non-hydrogen) atoms. The van der Waals surface area contributed by atoms with Crippen molar-refractivity contribution in [3.63, 3.8) is 0 Å². The first-order valence-electron chi connectivity index (χ1n) is 4.99. The Labute approximate surface area is 112 Å². The summed E-state index contributed by atoms with van der Waals surface area (Å²) in [5.74, 6) is 0. The number of halogens is 2. The van der Waals surface area contributed by atoms with Gasteiger partial charge in [-0.05, 0) is 37.6 Å². The first kappa shape index (κ1) is 11.9. The highest BCUT2D eigenvalue weighted by Gasteiger charge is 2.08. The van der Waals surface area contributed by atoms with Crippen molar-refractivity contribution in [1.29, 1.82) is 0 Å². The van der Waals surface area contributed by atoms with E-state index in [4.69, 9.17) is 0 Å². The quantitative estimate of drug-likeness (QED) is 0.749. The molecule has 1 aromatic heterocycles. The zero-order valence-electron chi connectivity index (χ0n) is 9.17. The van der Waals surface area contributed by atoms with Gasteiger partial charge in [-0.15, -0.1) is 0 Å². The maximum absolute atomic E-state index is 4.42. The lowest BCUT2D eigenvalue weighted by Crippen LogP contribution is -2.01. The number of hydrogen-bond donors (Lipinski definition) is 0. The molecule has 0 spiro atoms. The van der Waals surface area contributed by atoms with Gasteiger partial charge in [0, 0.05) is 21.1 Å². The molecule has 0 bridgehead atoms. The van der Waals surface area contributed by atoms with Crippen molar-refractivity contribution >= 4 is 31.9 Å². The van der Waals surface area contributed by atoms with Crippen molar-refractivity contribution in [1.82, 2.24) is 9.78 Å². The van der Waals surface area contributed by atoms with Crippen LogP contribution in [0.2, 0.25) is 0 Å². The molecule has 2 nitrogen and oxygen atoms in total. The van der Waals surface area contributed by atoms with Gasteiger partial charge < -0.3 is 0 Å². The Morgan fingerprint density at radius 1 is 1.31 bits per heavy atom. The van der Waals surface area contributed by atoms with Crippen LogP contribution in [0.15, 0.2) is 28.9 Å². The van der Waals surface area contributed by atoms with E-state index >= 15 is 0 Å². The number of alkyl halides is 1. The Bertz CT molecular complexity index is 518. The van der Waals surface area contributed by atoms with E-state index in [1.807, 2.05) is 16.9 Å². The second-order valence-electron chi connectivity index (χ2n) is 3.73. The molecular weight excluding hydrogens is 332 g/mol. The molecule has 0 aliphatic rings. The summed E-state index contributed by atoms with van der Waals surface area (Å²) in [5, 5.41) is 5.26. The van der Waals surface area contributed by atoms with E-state index in [1.54, 1.807) is 0 Å². The minimum absolute atomic E-state index is 0.842. The van der Waals surface area contributed by atoms with Gasteiger partial charge in [0.05, 0.1) is 11.9 Å². The van der Waals surface area contributed by atoms with Gasteiger partial charge in [-0.1, -0.05) is 31.9 Å². The molecule has 0 aliphatic heterocycles. The van der Waals surface area contributed by atoms with Gasteiger partial charge in [-0.2, -0.15) is 5.10 Å². The molecule has 0 unspecified atom stereocenters. The Morgan fingerprint density at radius 3 is 2.62 bits per heavy atom. The second kappa shape index (κ2) is 4.72. The van der Waals surface area contributed by atoms with Gasteiger partial charge in [0.1, 0.15) is 0 Å². The molecule has 0 fully saturated rings. The van der Waals surface area contributed by atoms with E-state index in [0.29, 0.717) is 0 Å². The molecular formula is C12H12Br2N2. The van der Waals surface area contributed by atoms with Crippen LogP contribution in [0.4, 0.5) is 0 Å². The zero-order chi connectivity index (χ0) is 11.7. The molecule has 84 valence electrons. The van der Waals surface area contributed by atoms with Crippen molar-refractivity contribution in [2.24, 2.45) is 0 Å². The smallest absolute Gasteiger partial charge is 0.0678 e. The molecule has 0 aliphatic carbocycles. The topological polar surface area (TPSA) is 17.8 Å². The van der Waals surface area contributed by atoms with Crippen LogP contribution in [0.1, 0.15) is 16.8 Å². The van der Waals surface area contributed by atoms with E-state index in [2.05, 4.69) is 62.9 Å². The van der Waals surface area contributed by atoms with Crippen LogP contribution in [0.5, 0.6) is 0 Å². The van der Waals surface area contributed by atoms with Crippen molar-refractivity contribution < 1.29 is 0 Å². The number of aryl methyl sites for hydroxylation is 1. The lowest BCUT2D eigenvalue weighted by atomic mass is 10.2. The fourth-order valence-electron chi connectivity index (χ4n) is 1.67. The molecule has 0 atom stereocenters. The van der Waals surface area contributed by atoms with Crippen LogP contribution in [-0.2, 0) is 5.33 Å². The highest BCUT2D eigenvalue weighted by molar-refractivity contribution is 9.10. The predicted octanol–water partition coefficient (Wildman–Crippen LogP) is 4.15. The third-order valence-electron chi connectivity index (χ3n) is 2.64. The average molecular weight is 344 g/mol. The molecule has 1 aromatic carbocycles. The monoisotopic (exact) mass is 342 g/mol.